The molecule has 4 rings (SSSR count). The van der Waals surface area contributed by atoms with E-state index in [1.807, 2.05) is 0 Å². The summed E-state index contributed by atoms with van der Waals surface area (Å²) in [7, 11) is 0. The number of ether oxygens (including phenoxy) is 2. The van der Waals surface area contributed by atoms with Crippen LogP contribution in [0.2, 0.25) is 0 Å². The summed E-state index contributed by atoms with van der Waals surface area (Å²) in [6.45, 7) is 4.78. The minimum absolute atomic E-state index is 0.152. The number of nitrogens with zero attached hydrogens (tertiary/aromatic N) is 2. The van der Waals surface area contributed by atoms with Crippen molar-refractivity contribution in [2.24, 2.45) is 0 Å². The van der Waals surface area contributed by atoms with Crippen molar-refractivity contribution in [3.05, 3.63) is 69.5 Å². The number of thioether (sulfide) groups is 2. The molecule has 0 spiro atoms. The largest absolute Gasteiger partial charge is 0.462 e. The van der Waals surface area contributed by atoms with Crippen molar-refractivity contribution in [3.63, 3.8) is 0 Å². The topological polar surface area (TPSA) is 93.2 Å². The quantitative estimate of drug-likeness (QED) is 0.104. The molecule has 0 bridgehead atoms. The summed E-state index contributed by atoms with van der Waals surface area (Å²) >= 11 is 13.0. The Morgan fingerprint density at radius 2 is 1.10 bits per heavy atom. The normalized spacial score (nSPS) is 16.9. The van der Waals surface area contributed by atoms with Gasteiger partial charge in [0.25, 0.3) is 11.8 Å². The van der Waals surface area contributed by atoms with Crippen molar-refractivity contribution < 1.29 is 28.7 Å². The van der Waals surface area contributed by atoms with E-state index in [1.165, 1.54) is 9.80 Å². The van der Waals surface area contributed by atoms with Crippen LogP contribution >= 0.6 is 48.0 Å². The van der Waals surface area contributed by atoms with Crippen LogP contribution in [-0.2, 0) is 19.1 Å². The molecule has 0 N–H and O–H groups in total. The predicted molar refractivity (Wildman–Crippen MR) is 175 cm³/mol. The molecule has 0 atom stereocenters. The second-order valence-corrected chi connectivity index (χ2v) is 12.8. The van der Waals surface area contributed by atoms with Gasteiger partial charge in [0.2, 0.25) is 0 Å². The van der Waals surface area contributed by atoms with E-state index in [0.29, 0.717) is 35.7 Å². The Balaban J connectivity index is 1.52. The van der Waals surface area contributed by atoms with E-state index in [0.717, 1.165) is 62.0 Å². The van der Waals surface area contributed by atoms with Gasteiger partial charge in [-0.2, -0.15) is 0 Å². The van der Waals surface area contributed by atoms with Gasteiger partial charge < -0.3 is 9.47 Å². The first-order valence-corrected chi connectivity index (χ1v) is 16.1. The highest BCUT2D eigenvalue weighted by molar-refractivity contribution is 8.30. The third-order valence-electron chi connectivity index (χ3n) is 6.39. The Hall–Kier alpha value is -3.06. The lowest BCUT2D eigenvalue weighted by Crippen LogP contribution is -2.29. The van der Waals surface area contributed by atoms with Gasteiger partial charge in [-0.05, 0) is 49.2 Å². The van der Waals surface area contributed by atoms with E-state index in [-0.39, 0.29) is 18.5 Å². The Labute approximate surface area is 264 Å². The Morgan fingerprint density at radius 1 is 0.690 bits per heavy atom. The van der Waals surface area contributed by atoms with Crippen molar-refractivity contribution in [1.82, 2.24) is 0 Å². The van der Waals surface area contributed by atoms with E-state index < -0.39 is 23.8 Å². The Morgan fingerprint density at radius 3 is 1.48 bits per heavy atom. The molecule has 0 saturated carbocycles. The summed E-state index contributed by atoms with van der Waals surface area (Å²) in [4.78, 5) is 55.1. The smallest absolute Gasteiger partial charge is 0.338 e. The van der Waals surface area contributed by atoms with Crippen LogP contribution in [-0.4, -0.2) is 45.6 Å². The molecule has 2 aliphatic rings. The first-order chi connectivity index (χ1) is 20.3. The summed E-state index contributed by atoms with van der Waals surface area (Å²) in [5.74, 6) is -1.93. The molecule has 2 heterocycles. The zero-order valence-corrected chi connectivity index (χ0v) is 26.5. The number of thiocarbonyl (C=S) groups is 2. The molecule has 2 aromatic carbocycles. The standard InChI is InChI=1S/C30H30N2O6S4/c1-3-5-7-15-37-27(35)19-11-9-13-21(17-19)31-25(33)23(41-29(31)39)24-26(34)32(30(40)42-24)22-14-10-12-20(18-22)28(36)38-16-8-6-4-2/h9-14,17-18H,3-8,15-16H2,1-2H3. The second kappa shape index (κ2) is 14.9. The lowest BCUT2D eigenvalue weighted by Gasteiger charge is -2.16. The fraction of sp³-hybridized carbons (Fsp3) is 0.333. The maximum Gasteiger partial charge on any atom is 0.338 e. The van der Waals surface area contributed by atoms with Crippen LogP contribution in [0.3, 0.4) is 0 Å². The number of benzene rings is 2. The minimum Gasteiger partial charge on any atom is -0.462 e. The number of hydrogen-bond acceptors (Lipinski definition) is 10. The average molecular weight is 643 g/mol. The SMILES string of the molecule is CCCCCOC(=O)c1cccc(N2C(=O)C(=C3SC(=S)N(c4cccc(C(=O)OCCCCC)c4)C3=O)SC2=S)c1. The van der Waals surface area contributed by atoms with Gasteiger partial charge in [0.15, 0.2) is 8.64 Å². The molecule has 2 fully saturated rings. The molecule has 220 valence electrons. The third kappa shape index (κ3) is 7.28. The number of carbonyl (C=O) groups is 4. The minimum atomic E-state index is -0.483. The molecule has 2 aliphatic heterocycles. The molecule has 2 aromatic rings. The van der Waals surface area contributed by atoms with Crippen LogP contribution in [0.5, 0.6) is 0 Å². The number of rotatable bonds is 12. The van der Waals surface area contributed by atoms with Crippen LogP contribution in [0.4, 0.5) is 11.4 Å². The number of unbranched alkanes of at least 4 members (excludes halogenated alkanes) is 4. The Kier molecular flexibility index (Phi) is 11.3. The molecule has 0 unspecified atom stereocenters. The van der Waals surface area contributed by atoms with Gasteiger partial charge in [-0.1, -0.05) is 99.6 Å². The number of hydrogen-bond donors (Lipinski definition) is 0. The first kappa shape index (κ1) is 31.9. The van der Waals surface area contributed by atoms with Crippen LogP contribution in [0.15, 0.2) is 58.3 Å². The van der Waals surface area contributed by atoms with Crippen LogP contribution in [0.1, 0.15) is 73.1 Å². The Bertz CT molecular complexity index is 1350. The van der Waals surface area contributed by atoms with E-state index in [9.17, 15) is 19.2 Å². The van der Waals surface area contributed by atoms with E-state index in [1.54, 1.807) is 48.5 Å². The van der Waals surface area contributed by atoms with Gasteiger partial charge in [0, 0.05) is 0 Å². The van der Waals surface area contributed by atoms with Crippen molar-refractivity contribution in [2.75, 3.05) is 23.0 Å². The lowest BCUT2D eigenvalue weighted by molar-refractivity contribution is -0.115. The van der Waals surface area contributed by atoms with Crippen LogP contribution < -0.4 is 9.80 Å². The van der Waals surface area contributed by atoms with Crippen molar-refractivity contribution in [1.29, 1.82) is 0 Å². The second-order valence-electron chi connectivity index (χ2n) is 9.46. The van der Waals surface area contributed by atoms with Gasteiger partial charge in [-0.25, -0.2) is 9.59 Å². The maximum atomic E-state index is 13.6. The molecular weight excluding hydrogens is 613 g/mol. The van der Waals surface area contributed by atoms with Gasteiger partial charge in [0.1, 0.15) is 0 Å². The zero-order chi connectivity index (χ0) is 30.2. The summed E-state index contributed by atoms with van der Waals surface area (Å²) in [5, 5.41) is 0. The lowest BCUT2D eigenvalue weighted by atomic mass is 10.2. The highest BCUT2D eigenvalue weighted by atomic mass is 32.2. The summed E-state index contributed by atoms with van der Waals surface area (Å²) in [6, 6.07) is 13.0. The summed E-state index contributed by atoms with van der Waals surface area (Å²) in [5.41, 5.74) is 1.40. The van der Waals surface area contributed by atoms with Crippen LogP contribution in [0.25, 0.3) is 0 Å². The molecule has 2 saturated heterocycles. The van der Waals surface area contributed by atoms with Gasteiger partial charge in [0.05, 0.1) is 45.5 Å². The average Bonchev–Trinajstić information content (AvgIpc) is 3.45. The molecule has 0 aliphatic carbocycles. The van der Waals surface area contributed by atoms with Gasteiger partial charge >= 0.3 is 11.9 Å². The van der Waals surface area contributed by atoms with E-state index in [4.69, 9.17) is 33.9 Å². The maximum absolute atomic E-state index is 13.6. The monoisotopic (exact) mass is 642 g/mol. The highest BCUT2D eigenvalue weighted by Gasteiger charge is 2.43. The molecule has 0 radical (unpaired) electrons. The highest BCUT2D eigenvalue weighted by Crippen LogP contribution is 2.44. The first-order valence-electron chi connectivity index (χ1n) is 13.7. The third-order valence-corrected chi connectivity index (χ3v) is 9.26. The predicted octanol–water partition coefficient (Wildman–Crippen LogP) is 7.02. The summed E-state index contributed by atoms with van der Waals surface area (Å²) < 4.78 is 11.1. The molecular formula is C30H30N2O6S4. The van der Waals surface area contributed by atoms with Crippen molar-refractivity contribution >= 4 is 91.7 Å². The molecule has 8 nitrogen and oxygen atoms in total. The van der Waals surface area contributed by atoms with Crippen molar-refractivity contribution in [2.45, 2.75) is 52.4 Å². The number of anilines is 2. The van der Waals surface area contributed by atoms with Gasteiger partial charge in [-0.15, -0.1) is 0 Å². The number of amides is 2. The molecule has 12 heteroatoms. The van der Waals surface area contributed by atoms with Gasteiger partial charge in [-0.3, -0.25) is 19.4 Å². The number of esters is 2. The molecule has 0 aromatic heterocycles. The van der Waals surface area contributed by atoms with E-state index in [2.05, 4.69) is 13.8 Å². The number of carbonyl (C=O) groups excluding carboxylic acids is 4. The summed E-state index contributed by atoms with van der Waals surface area (Å²) in [6.07, 6.45) is 5.52. The zero-order valence-electron chi connectivity index (χ0n) is 23.3. The fourth-order valence-corrected chi connectivity index (χ4v) is 6.95. The van der Waals surface area contributed by atoms with Crippen LogP contribution in [0, 0.1) is 0 Å². The van der Waals surface area contributed by atoms with Crippen molar-refractivity contribution in [3.8, 4) is 0 Å². The fourth-order valence-electron chi connectivity index (χ4n) is 4.20. The molecule has 42 heavy (non-hydrogen) atoms. The van der Waals surface area contributed by atoms with E-state index >= 15 is 0 Å². The molecule has 2 amide bonds.